The van der Waals surface area contributed by atoms with E-state index in [2.05, 4.69) is 6.92 Å². The van der Waals surface area contributed by atoms with Gasteiger partial charge in [0, 0.05) is 5.92 Å². The van der Waals surface area contributed by atoms with E-state index in [-0.39, 0.29) is 0 Å². The molecule has 1 rings (SSSR count). The van der Waals surface area contributed by atoms with Crippen LogP contribution in [0.3, 0.4) is 0 Å². The zero-order chi connectivity index (χ0) is 8.27. The predicted octanol–water partition coefficient (Wildman–Crippen LogP) is 2.79. The van der Waals surface area contributed by atoms with E-state index in [4.69, 9.17) is 0 Å². The van der Waals surface area contributed by atoms with E-state index in [9.17, 15) is 4.79 Å². The van der Waals surface area contributed by atoms with Gasteiger partial charge in [-0.25, -0.2) is 0 Å². The molecule has 0 aromatic carbocycles. The highest BCUT2D eigenvalue weighted by atomic mass is 16.1. The zero-order valence-electron chi connectivity index (χ0n) is 7.60. The molecule has 1 aliphatic carbocycles. The lowest BCUT2D eigenvalue weighted by Gasteiger charge is -1.95. The molecule has 0 radical (unpaired) electrons. The normalized spacial score (nSPS) is 28.5. The molecule has 0 aromatic rings. The second kappa shape index (κ2) is 3.89. The van der Waals surface area contributed by atoms with Crippen LogP contribution in [0.2, 0.25) is 0 Å². The van der Waals surface area contributed by atoms with Gasteiger partial charge in [-0.1, -0.05) is 26.2 Å². The molecule has 0 bridgehead atoms. The highest BCUT2D eigenvalue weighted by Crippen LogP contribution is 2.42. The minimum absolute atomic E-state index is 0.409. The SMILES string of the molecule is CCCCC[C@@H]1C[C@H]1C(C)=O. The molecular weight excluding hydrogens is 136 g/mol. The summed E-state index contributed by atoms with van der Waals surface area (Å²) >= 11 is 0. The van der Waals surface area contributed by atoms with Crippen molar-refractivity contribution in [3.8, 4) is 0 Å². The third kappa shape index (κ3) is 2.64. The third-order valence-electron chi connectivity index (χ3n) is 2.62. The Morgan fingerprint density at radius 2 is 2.18 bits per heavy atom. The maximum Gasteiger partial charge on any atom is 0.133 e. The largest absolute Gasteiger partial charge is 0.300 e. The average Bonchev–Trinajstić information content (AvgIpc) is 2.68. The van der Waals surface area contributed by atoms with Crippen molar-refractivity contribution in [3.05, 3.63) is 0 Å². The van der Waals surface area contributed by atoms with Gasteiger partial charge in [-0.15, -0.1) is 0 Å². The Labute approximate surface area is 69.2 Å². The molecule has 11 heavy (non-hydrogen) atoms. The fourth-order valence-electron chi connectivity index (χ4n) is 1.72. The molecule has 0 unspecified atom stereocenters. The van der Waals surface area contributed by atoms with Crippen molar-refractivity contribution < 1.29 is 4.79 Å². The maximum absolute atomic E-state index is 10.8. The standard InChI is InChI=1S/C10H18O/c1-3-4-5-6-9-7-10(9)8(2)11/h9-10H,3-7H2,1-2H3/t9-,10+/m1/s1. The zero-order valence-corrected chi connectivity index (χ0v) is 7.60. The molecule has 1 nitrogen and oxygen atoms in total. The lowest BCUT2D eigenvalue weighted by molar-refractivity contribution is -0.118. The molecule has 1 saturated carbocycles. The quantitative estimate of drug-likeness (QED) is 0.556. The molecular formula is C10H18O. The first-order chi connectivity index (χ1) is 5.25. The van der Waals surface area contributed by atoms with Crippen molar-refractivity contribution in [2.75, 3.05) is 0 Å². The summed E-state index contributed by atoms with van der Waals surface area (Å²) in [6, 6.07) is 0. The first kappa shape index (κ1) is 8.76. The molecule has 2 atom stereocenters. The van der Waals surface area contributed by atoms with E-state index in [0.717, 1.165) is 5.92 Å². The molecule has 0 amide bonds. The second-order valence-corrected chi connectivity index (χ2v) is 3.71. The molecule has 0 saturated heterocycles. The molecule has 1 aliphatic rings. The average molecular weight is 154 g/mol. The van der Waals surface area contributed by atoms with Gasteiger partial charge in [0.2, 0.25) is 0 Å². The van der Waals surface area contributed by atoms with Crippen LogP contribution in [0.1, 0.15) is 46.0 Å². The molecule has 0 aliphatic heterocycles. The van der Waals surface area contributed by atoms with Crippen LogP contribution >= 0.6 is 0 Å². The predicted molar refractivity (Wildman–Crippen MR) is 46.4 cm³/mol. The van der Waals surface area contributed by atoms with Crippen LogP contribution in [-0.2, 0) is 4.79 Å². The van der Waals surface area contributed by atoms with E-state index in [1.807, 2.05) is 0 Å². The molecule has 1 fully saturated rings. The monoisotopic (exact) mass is 154 g/mol. The van der Waals surface area contributed by atoms with Gasteiger partial charge in [-0.3, -0.25) is 4.79 Å². The lowest BCUT2D eigenvalue weighted by atomic mass is 10.1. The Bertz CT molecular complexity index is 140. The van der Waals surface area contributed by atoms with E-state index in [1.165, 1.54) is 32.1 Å². The van der Waals surface area contributed by atoms with E-state index < -0.39 is 0 Å². The van der Waals surface area contributed by atoms with Crippen LogP contribution in [0.15, 0.2) is 0 Å². The number of carbonyl (C=O) groups is 1. The minimum Gasteiger partial charge on any atom is -0.300 e. The van der Waals surface area contributed by atoms with Crippen molar-refractivity contribution in [3.63, 3.8) is 0 Å². The van der Waals surface area contributed by atoms with Gasteiger partial charge in [0.1, 0.15) is 5.78 Å². The summed E-state index contributed by atoms with van der Waals surface area (Å²) in [5.41, 5.74) is 0. The number of hydrogen-bond acceptors (Lipinski definition) is 1. The molecule has 0 N–H and O–H groups in total. The summed E-state index contributed by atoms with van der Waals surface area (Å²) in [6.07, 6.45) is 6.42. The minimum atomic E-state index is 0.409. The molecule has 0 spiro atoms. The highest BCUT2D eigenvalue weighted by Gasteiger charge is 2.39. The number of carbonyl (C=O) groups excluding carboxylic acids is 1. The van der Waals surface area contributed by atoms with Crippen molar-refractivity contribution in [2.24, 2.45) is 11.8 Å². The van der Waals surface area contributed by atoms with Crippen molar-refractivity contribution in [1.82, 2.24) is 0 Å². The van der Waals surface area contributed by atoms with E-state index in [0.29, 0.717) is 11.7 Å². The number of hydrogen-bond donors (Lipinski definition) is 0. The van der Waals surface area contributed by atoms with Crippen molar-refractivity contribution in [1.29, 1.82) is 0 Å². The number of unbranched alkanes of at least 4 members (excludes halogenated alkanes) is 2. The van der Waals surface area contributed by atoms with Gasteiger partial charge >= 0.3 is 0 Å². The Morgan fingerprint density at radius 1 is 1.45 bits per heavy atom. The van der Waals surface area contributed by atoms with Crippen molar-refractivity contribution >= 4 is 5.78 Å². The highest BCUT2D eigenvalue weighted by molar-refractivity contribution is 5.81. The Morgan fingerprint density at radius 3 is 2.64 bits per heavy atom. The smallest absolute Gasteiger partial charge is 0.133 e. The van der Waals surface area contributed by atoms with Gasteiger partial charge in [-0.2, -0.15) is 0 Å². The topological polar surface area (TPSA) is 17.1 Å². The molecule has 1 heteroatoms. The van der Waals surface area contributed by atoms with Crippen LogP contribution in [0, 0.1) is 11.8 Å². The molecule has 64 valence electrons. The fourth-order valence-corrected chi connectivity index (χ4v) is 1.72. The van der Waals surface area contributed by atoms with Crippen LogP contribution < -0.4 is 0 Å². The van der Waals surface area contributed by atoms with Crippen molar-refractivity contribution in [2.45, 2.75) is 46.0 Å². The van der Waals surface area contributed by atoms with Crippen LogP contribution in [0.5, 0.6) is 0 Å². The Kier molecular flexibility index (Phi) is 3.10. The summed E-state index contributed by atoms with van der Waals surface area (Å²) in [7, 11) is 0. The van der Waals surface area contributed by atoms with Crippen LogP contribution in [-0.4, -0.2) is 5.78 Å². The molecule has 0 heterocycles. The van der Waals surface area contributed by atoms with E-state index >= 15 is 0 Å². The van der Waals surface area contributed by atoms with Gasteiger partial charge in [-0.05, 0) is 25.7 Å². The number of Topliss-reactive ketones (excluding diaryl/α,β-unsaturated/α-hetero) is 1. The second-order valence-electron chi connectivity index (χ2n) is 3.71. The third-order valence-corrected chi connectivity index (χ3v) is 2.62. The Balaban J connectivity index is 2.00. The maximum atomic E-state index is 10.8. The first-order valence-corrected chi connectivity index (χ1v) is 4.76. The van der Waals surface area contributed by atoms with Crippen LogP contribution in [0.25, 0.3) is 0 Å². The summed E-state index contributed by atoms with van der Waals surface area (Å²) in [5.74, 6) is 1.62. The lowest BCUT2D eigenvalue weighted by Crippen LogP contribution is -1.94. The van der Waals surface area contributed by atoms with E-state index in [1.54, 1.807) is 6.92 Å². The summed E-state index contributed by atoms with van der Waals surface area (Å²) in [5, 5.41) is 0. The number of ketones is 1. The first-order valence-electron chi connectivity index (χ1n) is 4.76. The van der Waals surface area contributed by atoms with Gasteiger partial charge < -0.3 is 0 Å². The number of rotatable bonds is 5. The van der Waals surface area contributed by atoms with Gasteiger partial charge in [0.15, 0.2) is 0 Å². The molecule has 0 aromatic heterocycles. The summed E-state index contributed by atoms with van der Waals surface area (Å²) in [6.45, 7) is 3.94. The fraction of sp³-hybridized carbons (Fsp3) is 0.900. The summed E-state index contributed by atoms with van der Waals surface area (Å²) < 4.78 is 0. The van der Waals surface area contributed by atoms with Crippen LogP contribution in [0.4, 0.5) is 0 Å². The summed E-state index contributed by atoms with van der Waals surface area (Å²) in [4.78, 5) is 10.8. The Hall–Kier alpha value is -0.330. The van der Waals surface area contributed by atoms with Gasteiger partial charge in [0.25, 0.3) is 0 Å². The van der Waals surface area contributed by atoms with Gasteiger partial charge in [0.05, 0.1) is 0 Å².